The van der Waals surface area contributed by atoms with Gasteiger partial charge in [0.05, 0.1) is 21.2 Å². The van der Waals surface area contributed by atoms with Crippen molar-refractivity contribution < 1.29 is 14.1 Å². The number of hydrogen-bond acceptors (Lipinski definition) is 4. The Hall–Kier alpha value is -1.86. The Bertz CT molecular complexity index is 656. The fourth-order valence-corrected chi connectivity index (χ4v) is 2.11. The van der Waals surface area contributed by atoms with Crippen molar-refractivity contribution in [2.24, 2.45) is 0 Å². The predicted octanol–water partition coefficient (Wildman–Crippen LogP) is 3.86. The number of carbonyl (C=O) groups excluding carboxylic acids is 1. The normalized spacial score (nSPS) is 10.2. The summed E-state index contributed by atoms with van der Waals surface area (Å²) in [5.74, 6) is -0.459. The van der Waals surface area contributed by atoms with Crippen molar-refractivity contribution in [2.75, 3.05) is 5.32 Å². The predicted molar refractivity (Wildman–Crippen MR) is 72.5 cm³/mol. The van der Waals surface area contributed by atoms with Crippen LogP contribution in [-0.2, 0) is 0 Å². The molecule has 0 fully saturated rings. The van der Waals surface area contributed by atoms with Crippen LogP contribution < -0.4 is 5.32 Å². The molecular formula is C11H6BrClN2O4. The molecule has 1 N–H and O–H groups in total. The maximum atomic E-state index is 11.8. The summed E-state index contributed by atoms with van der Waals surface area (Å²) in [6, 6.07) is 5.58. The Morgan fingerprint density at radius 3 is 2.68 bits per heavy atom. The van der Waals surface area contributed by atoms with E-state index in [1.54, 1.807) is 0 Å². The first-order valence-electron chi connectivity index (χ1n) is 4.97. The van der Waals surface area contributed by atoms with Crippen LogP contribution in [0.3, 0.4) is 0 Å². The third-order valence-corrected chi connectivity index (χ3v) is 3.19. The fraction of sp³-hybridized carbons (Fsp3) is 0. The van der Waals surface area contributed by atoms with Crippen molar-refractivity contribution in [1.29, 1.82) is 0 Å². The maximum absolute atomic E-state index is 11.8. The summed E-state index contributed by atoms with van der Waals surface area (Å²) in [7, 11) is 0. The molecule has 2 rings (SSSR count). The van der Waals surface area contributed by atoms with E-state index in [0.29, 0.717) is 5.69 Å². The van der Waals surface area contributed by atoms with Gasteiger partial charge in [0.2, 0.25) is 5.22 Å². The number of nitro benzene ring substituents is 1. The standard InChI is InChI=1S/C11H6BrClN2O4/c12-8-5-6(1-2-9(8)15(17)18)14-11(16)7-3-4-19-10(7)13/h1-5H,(H,14,16). The first-order valence-corrected chi connectivity index (χ1v) is 6.14. The molecule has 98 valence electrons. The quantitative estimate of drug-likeness (QED) is 0.676. The number of benzene rings is 1. The summed E-state index contributed by atoms with van der Waals surface area (Å²) < 4.78 is 5.08. The number of halogens is 2. The summed E-state index contributed by atoms with van der Waals surface area (Å²) in [6.45, 7) is 0. The Morgan fingerprint density at radius 2 is 2.16 bits per heavy atom. The Morgan fingerprint density at radius 1 is 1.42 bits per heavy atom. The molecule has 0 bridgehead atoms. The largest absolute Gasteiger partial charge is 0.452 e. The van der Waals surface area contributed by atoms with E-state index in [1.165, 1.54) is 30.5 Å². The van der Waals surface area contributed by atoms with Gasteiger partial charge in [-0.1, -0.05) is 0 Å². The number of nitrogens with zero attached hydrogens (tertiary/aromatic N) is 1. The Labute approximate surface area is 120 Å². The molecule has 1 amide bonds. The molecule has 8 heteroatoms. The topological polar surface area (TPSA) is 85.4 Å². The number of rotatable bonds is 3. The van der Waals surface area contributed by atoms with E-state index >= 15 is 0 Å². The summed E-state index contributed by atoms with van der Waals surface area (Å²) in [6.07, 6.45) is 1.29. The third-order valence-electron chi connectivity index (χ3n) is 2.26. The van der Waals surface area contributed by atoms with Crippen LogP contribution in [0.25, 0.3) is 0 Å². The lowest BCUT2D eigenvalue weighted by Crippen LogP contribution is -2.11. The van der Waals surface area contributed by atoms with Gasteiger partial charge < -0.3 is 9.73 Å². The number of nitrogens with one attached hydrogen (secondary N) is 1. The highest BCUT2D eigenvalue weighted by atomic mass is 79.9. The molecule has 2 aromatic rings. The molecule has 0 aliphatic heterocycles. The summed E-state index contributed by atoms with van der Waals surface area (Å²) >= 11 is 8.74. The van der Waals surface area contributed by atoms with E-state index in [0.717, 1.165) is 0 Å². The lowest BCUT2D eigenvalue weighted by molar-refractivity contribution is -0.385. The highest BCUT2D eigenvalue weighted by Crippen LogP contribution is 2.28. The van der Waals surface area contributed by atoms with Gasteiger partial charge in [-0.3, -0.25) is 14.9 Å². The SMILES string of the molecule is O=C(Nc1ccc([N+](=O)[O-])c(Br)c1)c1ccoc1Cl. The molecule has 0 aliphatic rings. The van der Waals surface area contributed by atoms with E-state index in [1.807, 2.05) is 0 Å². The molecule has 1 heterocycles. The first kappa shape index (κ1) is 13.6. The van der Waals surface area contributed by atoms with E-state index in [-0.39, 0.29) is 20.9 Å². The van der Waals surface area contributed by atoms with Gasteiger partial charge in [-0.15, -0.1) is 0 Å². The minimum Gasteiger partial charge on any atom is -0.452 e. The average molecular weight is 346 g/mol. The summed E-state index contributed by atoms with van der Waals surface area (Å²) in [4.78, 5) is 21.9. The molecule has 0 aliphatic carbocycles. The van der Waals surface area contributed by atoms with Gasteiger partial charge in [-0.25, -0.2) is 0 Å². The van der Waals surface area contributed by atoms with E-state index < -0.39 is 10.8 Å². The maximum Gasteiger partial charge on any atom is 0.283 e. The van der Waals surface area contributed by atoms with Gasteiger partial charge in [0.25, 0.3) is 11.6 Å². The number of anilines is 1. The average Bonchev–Trinajstić information content (AvgIpc) is 2.75. The number of carbonyl (C=O) groups is 1. The van der Waals surface area contributed by atoms with Crippen molar-refractivity contribution in [3.63, 3.8) is 0 Å². The van der Waals surface area contributed by atoms with Crippen LogP contribution in [0.5, 0.6) is 0 Å². The van der Waals surface area contributed by atoms with Crippen LogP contribution in [0.4, 0.5) is 11.4 Å². The van der Waals surface area contributed by atoms with Crippen molar-refractivity contribution >= 4 is 44.8 Å². The Balaban J connectivity index is 2.21. The highest BCUT2D eigenvalue weighted by molar-refractivity contribution is 9.10. The monoisotopic (exact) mass is 344 g/mol. The summed E-state index contributed by atoms with van der Waals surface area (Å²) in [5.41, 5.74) is 0.509. The molecule has 0 saturated heterocycles. The van der Waals surface area contributed by atoms with Crippen molar-refractivity contribution in [1.82, 2.24) is 0 Å². The van der Waals surface area contributed by atoms with Gasteiger partial charge in [0.15, 0.2) is 0 Å². The van der Waals surface area contributed by atoms with Crippen LogP contribution >= 0.6 is 27.5 Å². The Kier molecular flexibility index (Phi) is 3.87. The zero-order chi connectivity index (χ0) is 14.0. The van der Waals surface area contributed by atoms with Gasteiger partial charge in [0, 0.05) is 11.8 Å². The molecule has 0 atom stereocenters. The fourth-order valence-electron chi connectivity index (χ4n) is 1.39. The molecule has 0 radical (unpaired) electrons. The lowest BCUT2D eigenvalue weighted by atomic mass is 10.2. The molecule has 1 aromatic heterocycles. The van der Waals surface area contributed by atoms with Crippen molar-refractivity contribution in [3.05, 3.63) is 55.9 Å². The van der Waals surface area contributed by atoms with Gasteiger partial charge in [-0.05, 0) is 45.7 Å². The van der Waals surface area contributed by atoms with Gasteiger partial charge in [-0.2, -0.15) is 0 Å². The number of amides is 1. The molecule has 19 heavy (non-hydrogen) atoms. The van der Waals surface area contributed by atoms with Crippen molar-refractivity contribution in [2.45, 2.75) is 0 Å². The number of furan rings is 1. The van der Waals surface area contributed by atoms with E-state index in [2.05, 4.69) is 21.2 Å². The minimum atomic E-state index is -0.525. The van der Waals surface area contributed by atoms with Crippen LogP contribution in [0.1, 0.15) is 10.4 Å². The molecular weight excluding hydrogens is 339 g/mol. The van der Waals surface area contributed by atoms with E-state index in [9.17, 15) is 14.9 Å². The zero-order valence-corrected chi connectivity index (χ0v) is 11.6. The first-order chi connectivity index (χ1) is 8.99. The molecule has 0 spiro atoms. The molecule has 1 aromatic carbocycles. The smallest absolute Gasteiger partial charge is 0.283 e. The second kappa shape index (κ2) is 5.41. The lowest BCUT2D eigenvalue weighted by Gasteiger charge is -2.04. The van der Waals surface area contributed by atoms with Crippen LogP contribution in [0.2, 0.25) is 5.22 Å². The minimum absolute atomic E-state index is 0.0153. The highest BCUT2D eigenvalue weighted by Gasteiger charge is 2.16. The molecule has 0 saturated carbocycles. The summed E-state index contributed by atoms with van der Waals surface area (Å²) in [5, 5.41) is 13.2. The van der Waals surface area contributed by atoms with E-state index in [4.69, 9.17) is 16.0 Å². The van der Waals surface area contributed by atoms with Gasteiger partial charge in [0.1, 0.15) is 0 Å². The van der Waals surface area contributed by atoms with Crippen LogP contribution in [0.15, 0.2) is 39.4 Å². The zero-order valence-electron chi connectivity index (χ0n) is 9.22. The molecule has 6 nitrogen and oxygen atoms in total. The second-order valence-electron chi connectivity index (χ2n) is 3.49. The third kappa shape index (κ3) is 2.94. The van der Waals surface area contributed by atoms with Crippen LogP contribution in [-0.4, -0.2) is 10.8 Å². The van der Waals surface area contributed by atoms with Crippen LogP contribution in [0, 0.1) is 10.1 Å². The van der Waals surface area contributed by atoms with Gasteiger partial charge >= 0.3 is 0 Å². The molecule has 0 unspecified atom stereocenters. The van der Waals surface area contributed by atoms with Crippen molar-refractivity contribution in [3.8, 4) is 0 Å². The number of nitro groups is 1. The second-order valence-corrected chi connectivity index (χ2v) is 4.68. The number of hydrogen-bond donors (Lipinski definition) is 1.